The SMILES string of the molecule is COc1c[nH]c(CN(C)C2CCCc3ccccc32)cc1=O. The van der Waals surface area contributed by atoms with E-state index in [1.165, 1.54) is 31.1 Å². The van der Waals surface area contributed by atoms with Crippen molar-refractivity contribution in [2.45, 2.75) is 31.8 Å². The standard InChI is InChI=1S/C18H22N2O2/c1-20(12-14-10-17(21)18(22-2)11-19-14)16-9-5-7-13-6-3-4-8-15(13)16/h3-4,6,8,10-11,16H,5,7,9,12H2,1-2H3,(H,19,21). The Labute approximate surface area is 130 Å². The molecule has 3 rings (SSSR count). The molecule has 1 heterocycles. The summed E-state index contributed by atoms with van der Waals surface area (Å²) >= 11 is 0. The molecule has 1 atom stereocenters. The van der Waals surface area contributed by atoms with Crippen LogP contribution in [0.1, 0.15) is 35.7 Å². The van der Waals surface area contributed by atoms with Gasteiger partial charge in [-0.1, -0.05) is 24.3 Å². The molecule has 4 heteroatoms. The fourth-order valence-corrected chi connectivity index (χ4v) is 3.32. The molecule has 0 fully saturated rings. The van der Waals surface area contributed by atoms with Gasteiger partial charge in [-0.25, -0.2) is 0 Å². The van der Waals surface area contributed by atoms with Gasteiger partial charge in [0.25, 0.3) is 0 Å². The molecule has 1 aromatic carbocycles. The lowest BCUT2D eigenvalue weighted by molar-refractivity contribution is 0.211. The molecule has 2 aromatic rings. The van der Waals surface area contributed by atoms with Crippen LogP contribution in [0.2, 0.25) is 0 Å². The summed E-state index contributed by atoms with van der Waals surface area (Å²) in [5, 5.41) is 0. The van der Waals surface area contributed by atoms with E-state index >= 15 is 0 Å². The highest BCUT2D eigenvalue weighted by Crippen LogP contribution is 2.33. The molecule has 0 saturated carbocycles. The second-order valence-electron chi connectivity index (χ2n) is 5.91. The first-order valence-electron chi connectivity index (χ1n) is 7.72. The summed E-state index contributed by atoms with van der Waals surface area (Å²) in [4.78, 5) is 17.3. The van der Waals surface area contributed by atoms with Gasteiger partial charge >= 0.3 is 0 Å². The zero-order valence-electron chi connectivity index (χ0n) is 13.1. The summed E-state index contributed by atoms with van der Waals surface area (Å²) in [6.45, 7) is 0.720. The minimum absolute atomic E-state index is 0.0753. The number of H-pyrrole nitrogens is 1. The van der Waals surface area contributed by atoms with Crippen molar-refractivity contribution in [3.8, 4) is 5.75 Å². The number of hydrogen-bond donors (Lipinski definition) is 1. The van der Waals surface area contributed by atoms with Gasteiger partial charge in [0, 0.05) is 30.5 Å². The van der Waals surface area contributed by atoms with Crippen LogP contribution in [0.15, 0.2) is 41.3 Å². The number of fused-ring (bicyclic) bond motifs is 1. The zero-order chi connectivity index (χ0) is 15.5. The number of nitrogens with zero attached hydrogens (tertiary/aromatic N) is 1. The molecule has 0 spiro atoms. The van der Waals surface area contributed by atoms with Crippen LogP contribution in [-0.4, -0.2) is 24.0 Å². The lowest BCUT2D eigenvalue weighted by Gasteiger charge is -2.33. The highest BCUT2D eigenvalue weighted by Gasteiger charge is 2.23. The summed E-state index contributed by atoms with van der Waals surface area (Å²) in [6, 6.07) is 10.7. The first kappa shape index (κ1) is 14.9. The summed E-state index contributed by atoms with van der Waals surface area (Å²) in [5.74, 6) is 0.356. The molecule has 0 bridgehead atoms. The number of aromatic amines is 1. The number of rotatable bonds is 4. The van der Waals surface area contributed by atoms with Gasteiger partial charge in [0.2, 0.25) is 5.43 Å². The Kier molecular flexibility index (Phi) is 4.29. The van der Waals surface area contributed by atoms with Gasteiger partial charge in [0.05, 0.1) is 7.11 Å². The van der Waals surface area contributed by atoms with Crippen LogP contribution < -0.4 is 10.2 Å². The van der Waals surface area contributed by atoms with E-state index in [1.54, 1.807) is 12.3 Å². The molecule has 1 aromatic heterocycles. The van der Waals surface area contributed by atoms with Crippen molar-refractivity contribution in [3.05, 3.63) is 63.6 Å². The van der Waals surface area contributed by atoms with E-state index in [0.717, 1.165) is 18.7 Å². The molecular formula is C18H22N2O2. The number of aryl methyl sites for hydroxylation is 1. The van der Waals surface area contributed by atoms with Crippen molar-refractivity contribution in [3.63, 3.8) is 0 Å². The van der Waals surface area contributed by atoms with E-state index in [-0.39, 0.29) is 5.43 Å². The van der Waals surface area contributed by atoms with Gasteiger partial charge in [-0.15, -0.1) is 0 Å². The number of benzene rings is 1. The highest BCUT2D eigenvalue weighted by molar-refractivity contribution is 5.32. The van der Waals surface area contributed by atoms with Crippen molar-refractivity contribution in [2.75, 3.05) is 14.2 Å². The quantitative estimate of drug-likeness (QED) is 0.944. The monoisotopic (exact) mass is 298 g/mol. The molecule has 4 nitrogen and oxygen atoms in total. The van der Waals surface area contributed by atoms with Crippen LogP contribution in [0.3, 0.4) is 0 Å². The number of hydrogen-bond acceptors (Lipinski definition) is 3. The summed E-state index contributed by atoms with van der Waals surface area (Å²) < 4.78 is 5.01. The van der Waals surface area contributed by atoms with Crippen molar-refractivity contribution < 1.29 is 4.74 Å². The van der Waals surface area contributed by atoms with Gasteiger partial charge in [0.15, 0.2) is 5.75 Å². The maximum absolute atomic E-state index is 11.9. The Hall–Kier alpha value is -2.07. The van der Waals surface area contributed by atoms with Gasteiger partial charge in [-0.3, -0.25) is 9.69 Å². The molecular weight excluding hydrogens is 276 g/mol. The molecule has 1 N–H and O–H groups in total. The topological polar surface area (TPSA) is 45.3 Å². The van der Waals surface area contributed by atoms with Crippen molar-refractivity contribution in [1.82, 2.24) is 9.88 Å². The number of pyridine rings is 1. The van der Waals surface area contributed by atoms with Crippen LogP contribution in [0, 0.1) is 0 Å². The molecule has 0 radical (unpaired) electrons. The summed E-state index contributed by atoms with van der Waals surface area (Å²) in [7, 11) is 3.63. The summed E-state index contributed by atoms with van der Waals surface area (Å²) in [5.41, 5.74) is 3.71. The maximum atomic E-state index is 11.9. The predicted octanol–water partition coefficient (Wildman–Crippen LogP) is 2.89. The van der Waals surface area contributed by atoms with Crippen LogP contribution in [0.5, 0.6) is 5.75 Å². The molecule has 1 aliphatic rings. The van der Waals surface area contributed by atoms with Crippen LogP contribution >= 0.6 is 0 Å². The number of ether oxygens (including phenoxy) is 1. The van der Waals surface area contributed by atoms with E-state index in [4.69, 9.17) is 4.74 Å². The fraction of sp³-hybridized carbons (Fsp3) is 0.389. The second kappa shape index (κ2) is 6.36. The van der Waals surface area contributed by atoms with Gasteiger partial charge in [-0.2, -0.15) is 0 Å². The average Bonchev–Trinajstić information content (AvgIpc) is 2.54. The number of aromatic nitrogens is 1. The van der Waals surface area contributed by atoms with Crippen LogP contribution in [0.4, 0.5) is 0 Å². The minimum Gasteiger partial charge on any atom is -0.491 e. The van der Waals surface area contributed by atoms with E-state index < -0.39 is 0 Å². The largest absolute Gasteiger partial charge is 0.491 e. The molecule has 1 unspecified atom stereocenters. The predicted molar refractivity (Wildman–Crippen MR) is 87.2 cm³/mol. The van der Waals surface area contributed by atoms with E-state index in [2.05, 4.69) is 41.2 Å². The molecule has 0 amide bonds. The third-order valence-electron chi connectivity index (χ3n) is 4.45. The fourth-order valence-electron chi connectivity index (χ4n) is 3.32. The zero-order valence-corrected chi connectivity index (χ0v) is 13.1. The van der Waals surface area contributed by atoms with Crippen molar-refractivity contribution in [1.29, 1.82) is 0 Å². The Morgan fingerprint density at radius 1 is 1.36 bits per heavy atom. The summed E-state index contributed by atoms with van der Waals surface area (Å²) in [6.07, 6.45) is 5.18. The molecule has 1 aliphatic carbocycles. The Morgan fingerprint density at radius 3 is 2.95 bits per heavy atom. The molecule has 22 heavy (non-hydrogen) atoms. The first-order chi connectivity index (χ1) is 10.7. The number of nitrogens with one attached hydrogen (secondary N) is 1. The molecule has 116 valence electrons. The van der Waals surface area contributed by atoms with Gasteiger partial charge in [0.1, 0.15) is 0 Å². The second-order valence-corrected chi connectivity index (χ2v) is 5.91. The lowest BCUT2D eigenvalue weighted by atomic mass is 9.87. The minimum atomic E-state index is -0.0753. The molecule has 0 saturated heterocycles. The van der Waals surface area contributed by atoms with E-state index in [1.807, 2.05) is 0 Å². The van der Waals surface area contributed by atoms with Crippen molar-refractivity contribution >= 4 is 0 Å². The van der Waals surface area contributed by atoms with E-state index in [0.29, 0.717) is 11.8 Å². The van der Waals surface area contributed by atoms with Crippen LogP contribution in [0.25, 0.3) is 0 Å². The lowest BCUT2D eigenvalue weighted by Crippen LogP contribution is -2.28. The Balaban J connectivity index is 1.79. The Morgan fingerprint density at radius 2 is 2.18 bits per heavy atom. The normalized spacial score (nSPS) is 17.3. The average molecular weight is 298 g/mol. The van der Waals surface area contributed by atoms with Crippen molar-refractivity contribution in [2.24, 2.45) is 0 Å². The first-order valence-corrected chi connectivity index (χ1v) is 7.72. The highest BCUT2D eigenvalue weighted by atomic mass is 16.5. The maximum Gasteiger partial charge on any atom is 0.223 e. The smallest absolute Gasteiger partial charge is 0.223 e. The van der Waals surface area contributed by atoms with E-state index in [9.17, 15) is 4.79 Å². The van der Waals surface area contributed by atoms with Crippen LogP contribution in [-0.2, 0) is 13.0 Å². The molecule has 0 aliphatic heterocycles. The van der Waals surface area contributed by atoms with Gasteiger partial charge in [-0.05, 0) is 37.4 Å². The Bertz CT molecular complexity index is 708. The third-order valence-corrected chi connectivity index (χ3v) is 4.45. The third kappa shape index (κ3) is 2.92. The number of methoxy groups -OCH3 is 1. The van der Waals surface area contributed by atoms with Gasteiger partial charge < -0.3 is 9.72 Å².